The van der Waals surface area contributed by atoms with Gasteiger partial charge in [0.2, 0.25) is 0 Å². The fraction of sp³-hybridized carbons (Fsp3) is 1.00. The van der Waals surface area contributed by atoms with E-state index in [4.69, 9.17) is 0 Å². The Kier molecular flexibility index (Phi) is 4.41. The van der Waals surface area contributed by atoms with E-state index in [2.05, 4.69) is 20.8 Å². The van der Waals surface area contributed by atoms with Crippen LogP contribution in [0.15, 0.2) is 0 Å². The molecule has 0 aliphatic heterocycles. The third-order valence-electron chi connectivity index (χ3n) is 5.52. The van der Waals surface area contributed by atoms with Gasteiger partial charge in [0.05, 0.1) is 5.60 Å². The Morgan fingerprint density at radius 3 is 2.22 bits per heavy atom. The summed E-state index contributed by atoms with van der Waals surface area (Å²) in [5.74, 6) is 1.62. The van der Waals surface area contributed by atoms with Crippen LogP contribution in [0.5, 0.6) is 0 Å². The molecule has 0 aromatic carbocycles. The summed E-state index contributed by atoms with van der Waals surface area (Å²) in [6.07, 6.45) is 12.5. The molecule has 0 amide bonds. The Labute approximate surface area is 113 Å². The van der Waals surface area contributed by atoms with Gasteiger partial charge in [-0.25, -0.2) is 0 Å². The number of hydrogen-bond donors (Lipinski definition) is 1. The van der Waals surface area contributed by atoms with Crippen LogP contribution in [0.3, 0.4) is 0 Å². The highest BCUT2D eigenvalue weighted by Crippen LogP contribution is 2.43. The summed E-state index contributed by atoms with van der Waals surface area (Å²) in [5.41, 5.74) is 0.0909. The van der Waals surface area contributed by atoms with E-state index < -0.39 is 0 Å². The van der Waals surface area contributed by atoms with E-state index in [1.807, 2.05) is 0 Å². The Balaban J connectivity index is 1.90. The lowest BCUT2D eigenvalue weighted by atomic mass is 9.76. The molecule has 18 heavy (non-hydrogen) atoms. The van der Waals surface area contributed by atoms with E-state index in [9.17, 15) is 5.11 Å². The second kappa shape index (κ2) is 5.53. The van der Waals surface area contributed by atoms with Crippen molar-refractivity contribution in [2.24, 2.45) is 17.3 Å². The second-order valence-corrected chi connectivity index (χ2v) is 8.07. The van der Waals surface area contributed by atoms with Gasteiger partial charge in [-0.2, -0.15) is 0 Å². The maximum atomic E-state index is 10.9. The van der Waals surface area contributed by atoms with E-state index in [-0.39, 0.29) is 5.60 Å². The minimum Gasteiger partial charge on any atom is -0.390 e. The molecule has 0 bridgehead atoms. The largest absolute Gasteiger partial charge is 0.390 e. The second-order valence-electron chi connectivity index (χ2n) is 8.07. The molecule has 2 atom stereocenters. The van der Waals surface area contributed by atoms with Crippen molar-refractivity contribution in [3.05, 3.63) is 0 Å². The fourth-order valence-electron chi connectivity index (χ4n) is 4.21. The highest BCUT2D eigenvalue weighted by atomic mass is 16.3. The molecule has 1 N–H and O–H groups in total. The Morgan fingerprint density at radius 2 is 1.61 bits per heavy atom. The summed E-state index contributed by atoms with van der Waals surface area (Å²) >= 11 is 0. The SMILES string of the molecule is CC(C)(C)C1CCCC(O)(CC2CCCC2)CC1. The van der Waals surface area contributed by atoms with Crippen LogP contribution in [0.2, 0.25) is 0 Å². The molecule has 2 saturated carbocycles. The summed E-state index contributed by atoms with van der Waals surface area (Å²) < 4.78 is 0. The summed E-state index contributed by atoms with van der Waals surface area (Å²) in [6.45, 7) is 7.08. The molecule has 2 aliphatic rings. The van der Waals surface area contributed by atoms with E-state index in [0.29, 0.717) is 5.41 Å². The molecular weight excluding hydrogens is 220 g/mol. The van der Waals surface area contributed by atoms with Gasteiger partial charge < -0.3 is 5.11 Å². The molecule has 0 aromatic rings. The maximum absolute atomic E-state index is 10.9. The molecule has 1 nitrogen and oxygen atoms in total. The Morgan fingerprint density at radius 1 is 0.944 bits per heavy atom. The lowest BCUT2D eigenvalue weighted by Gasteiger charge is -2.32. The van der Waals surface area contributed by atoms with Crippen molar-refractivity contribution in [2.75, 3.05) is 0 Å². The van der Waals surface area contributed by atoms with Crippen molar-refractivity contribution in [1.82, 2.24) is 0 Å². The standard InChI is InChI=1S/C17H32O/c1-16(2,3)15-9-6-11-17(18,12-10-15)13-14-7-4-5-8-14/h14-15,18H,4-13H2,1-3H3. The smallest absolute Gasteiger partial charge is 0.0650 e. The van der Waals surface area contributed by atoms with Gasteiger partial charge in [0.25, 0.3) is 0 Å². The molecule has 106 valence electrons. The molecule has 0 aromatic heterocycles. The average molecular weight is 252 g/mol. The molecular formula is C17H32O. The fourth-order valence-corrected chi connectivity index (χ4v) is 4.21. The van der Waals surface area contributed by atoms with Gasteiger partial charge in [-0.15, -0.1) is 0 Å². The molecule has 0 radical (unpaired) electrons. The summed E-state index contributed by atoms with van der Waals surface area (Å²) in [4.78, 5) is 0. The predicted octanol–water partition coefficient (Wildman–Crippen LogP) is 4.92. The van der Waals surface area contributed by atoms with E-state index in [0.717, 1.165) is 31.1 Å². The van der Waals surface area contributed by atoms with Gasteiger partial charge in [-0.05, 0) is 49.4 Å². The summed E-state index contributed by atoms with van der Waals surface area (Å²) in [6, 6.07) is 0. The lowest BCUT2D eigenvalue weighted by Crippen LogP contribution is -2.30. The zero-order valence-electron chi connectivity index (χ0n) is 12.7. The van der Waals surface area contributed by atoms with Crippen LogP contribution in [-0.4, -0.2) is 10.7 Å². The monoisotopic (exact) mass is 252 g/mol. The first-order valence-corrected chi connectivity index (χ1v) is 8.11. The number of rotatable bonds is 2. The maximum Gasteiger partial charge on any atom is 0.0650 e. The van der Waals surface area contributed by atoms with Crippen LogP contribution in [0.25, 0.3) is 0 Å². The zero-order valence-corrected chi connectivity index (χ0v) is 12.7. The van der Waals surface area contributed by atoms with Crippen molar-refractivity contribution in [3.63, 3.8) is 0 Å². The topological polar surface area (TPSA) is 20.2 Å². The van der Waals surface area contributed by atoms with Gasteiger partial charge in [0.1, 0.15) is 0 Å². The molecule has 2 unspecified atom stereocenters. The van der Waals surface area contributed by atoms with Crippen LogP contribution < -0.4 is 0 Å². The van der Waals surface area contributed by atoms with Gasteiger partial charge >= 0.3 is 0 Å². The van der Waals surface area contributed by atoms with Gasteiger partial charge in [0.15, 0.2) is 0 Å². The van der Waals surface area contributed by atoms with E-state index >= 15 is 0 Å². The van der Waals surface area contributed by atoms with Crippen LogP contribution in [0.4, 0.5) is 0 Å². The first kappa shape index (κ1) is 14.4. The van der Waals surface area contributed by atoms with Gasteiger partial charge in [-0.3, -0.25) is 0 Å². The molecule has 0 saturated heterocycles. The first-order valence-electron chi connectivity index (χ1n) is 8.11. The van der Waals surface area contributed by atoms with Crippen molar-refractivity contribution in [1.29, 1.82) is 0 Å². The quantitative estimate of drug-likeness (QED) is 0.691. The number of hydrogen-bond acceptors (Lipinski definition) is 1. The average Bonchev–Trinajstić information content (AvgIpc) is 2.65. The zero-order chi connectivity index (χ0) is 13.2. The molecule has 2 fully saturated rings. The third-order valence-corrected chi connectivity index (χ3v) is 5.52. The molecule has 0 spiro atoms. The molecule has 1 heteroatoms. The molecule has 0 heterocycles. The van der Waals surface area contributed by atoms with E-state index in [1.54, 1.807) is 0 Å². The minimum atomic E-state index is -0.324. The highest BCUT2D eigenvalue weighted by Gasteiger charge is 2.36. The van der Waals surface area contributed by atoms with Gasteiger partial charge in [-0.1, -0.05) is 52.9 Å². The van der Waals surface area contributed by atoms with Crippen molar-refractivity contribution < 1.29 is 5.11 Å². The van der Waals surface area contributed by atoms with Crippen molar-refractivity contribution in [3.8, 4) is 0 Å². The summed E-state index contributed by atoms with van der Waals surface area (Å²) in [7, 11) is 0. The van der Waals surface area contributed by atoms with Crippen LogP contribution in [-0.2, 0) is 0 Å². The van der Waals surface area contributed by atoms with Gasteiger partial charge in [0, 0.05) is 0 Å². The number of aliphatic hydroxyl groups is 1. The minimum absolute atomic E-state index is 0.324. The van der Waals surface area contributed by atoms with Crippen LogP contribution in [0.1, 0.15) is 85.0 Å². The van der Waals surface area contributed by atoms with E-state index in [1.165, 1.54) is 44.9 Å². The highest BCUT2D eigenvalue weighted by molar-refractivity contribution is 4.89. The normalized spacial score (nSPS) is 35.7. The third kappa shape index (κ3) is 3.73. The Bertz CT molecular complexity index is 259. The Hall–Kier alpha value is -0.0400. The van der Waals surface area contributed by atoms with Crippen LogP contribution >= 0.6 is 0 Å². The van der Waals surface area contributed by atoms with Crippen molar-refractivity contribution in [2.45, 2.75) is 90.6 Å². The predicted molar refractivity (Wildman–Crippen MR) is 77.6 cm³/mol. The van der Waals surface area contributed by atoms with Crippen LogP contribution in [0, 0.1) is 17.3 Å². The lowest BCUT2D eigenvalue weighted by molar-refractivity contribution is -0.000366. The molecule has 2 aliphatic carbocycles. The summed E-state index contributed by atoms with van der Waals surface area (Å²) in [5, 5.41) is 10.9. The van der Waals surface area contributed by atoms with Crippen molar-refractivity contribution >= 4 is 0 Å². The first-order chi connectivity index (χ1) is 8.39. The molecule has 2 rings (SSSR count).